The van der Waals surface area contributed by atoms with Gasteiger partial charge in [0.2, 0.25) is 0 Å². The second-order valence-electron chi connectivity index (χ2n) is 6.29. The van der Waals surface area contributed by atoms with Crippen LogP contribution in [0.5, 0.6) is 0 Å². The van der Waals surface area contributed by atoms with Crippen molar-refractivity contribution in [1.29, 1.82) is 0 Å². The smallest absolute Gasteiger partial charge is 0.163 e. The van der Waals surface area contributed by atoms with Crippen LogP contribution in [-0.2, 0) is 0 Å². The number of hydrogen-bond donors (Lipinski definition) is 1. The van der Waals surface area contributed by atoms with Crippen molar-refractivity contribution >= 4 is 0 Å². The number of benzene rings is 1. The predicted octanol–water partition coefficient (Wildman–Crippen LogP) is 5.28. The van der Waals surface area contributed by atoms with Gasteiger partial charge in [0.15, 0.2) is 11.6 Å². The van der Waals surface area contributed by atoms with E-state index in [1.54, 1.807) is 19.1 Å². The van der Waals surface area contributed by atoms with Gasteiger partial charge in [0, 0.05) is 11.6 Å². The first-order valence-electron chi connectivity index (χ1n) is 8.31. The lowest BCUT2D eigenvalue weighted by atomic mass is 9.84. The van der Waals surface area contributed by atoms with Crippen LogP contribution >= 0.6 is 0 Å². The fourth-order valence-corrected chi connectivity index (χ4v) is 3.42. The Hall–Kier alpha value is -0.960. The SMILES string of the molecule is CCNC(CCC1CCCCC1)c1ccc(C)c(F)c1F. The minimum atomic E-state index is -0.701. The van der Waals surface area contributed by atoms with Crippen molar-refractivity contribution in [3.63, 3.8) is 0 Å². The van der Waals surface area contributed by atoms with Gasteiger partial charge in [-0.25, -0.2) is 8.78 Å². The Labute approximate surface area is 127 Å². The van der Waals surface area contributed by atoms with Crippen LogP contribution in [0.1, 0.15) is 69.0 Å². The Balaban J connectivity index is 2.05. The molecule has 0 heterocycles. The first-order valence-corrected chi connectivity index (χ1v) is 8.31. The molecule has 1 N–H and O–H groups in total. The first-order chi connectivity index (χ1) is 10.1. The fraction of sp³-hybridized carbons (Fsp3) is 0.667. The van der Waals surface area contributed by atoms with Crippen molar-refractivity contribution < 1.29 is 8.78 Å². The highest BCUT2D eigenvalue weighted by atomic mass is 19.2. The molecule has 0 aromatic heterocycles. The third-order valence-corrected chi connectivity index (χ3v) is 4.72. The highest BCUT2D eigenvalue weighted by molar-refractivity contribution is 5.27. The van der Waals surface area contributed by atoms with Gasteiger partial charge in [-0.15, -0.1) is 0 Å². The maximum Gasteiger partial charge on any atom is 0.163 e. The second kappa shape index (κ2) is 7.88. The highest BCUT2D eigenvalue weighted by Crippen LogP contribution is 2.31. The molecule has 118 valence electrons. The van der Waals surface area contributed by atoms with E-state index >= 15 is 0 Å². The molecule has 21 heavy (non-hydrogen) atoms. The molecule has 1 fully saturated rings. The van der Waals surface area contributed by atoms with Gasteiger partial charge in [-0.05, 0) is 37.8 Å². The van der Waals surface area contributed by atoms with Crippen LogP contribution in [0, 0.1) is 24.5 Å². The zero-order chi connectivity index (χ0) is 15.2. The van der Waals surface area contributed by atoms with Crippen molar-refractivity contribution in [3.8, 4) is 0 Å². The number of nitrogens with one attached hydrogen (secondary N) is 1. The average molecular weight is 295 g/mol. The Kier molecular flexibility index (Phi) is 6.16. The first kappa shape index (κ1) is 16.4. The third kappa shape index (κ3) is 4.26. The van der Waals surface area contributed by atoms with Crippen molar-refractivity contribution in [2.24, 2.45) is 5.92 Å². The third-order valence-electron chi connectivity index (χ3n) is 4.72. The van der Waals surface area contributed by atoms with Crippen molar-refractivity contribution in [1.82, 2.24) is 5.32 Å². The Morgan fingerprint density at radius 1 is 1.14 bits per heavy atom. The molecule has 1 aliphatic rings. The minimum absolute atomic E-state index is 0.0768. The van der Waals surface area contributed by atoms with E-state index in [1.807, 2.05) is 6.92 Å². The van der Waals surface area contributed by atoms with E-state index in [1.165, 1.54) is 32.1 Å². The molecule has 1 aromatic rings. The molecule has 1 saturated carbocycles. The topological polar surface area (TPSA) is 12.0 Å². The van der Waals surface area contributed by atoms with E-state index in [0.717, 1.165) is 25.3 Å². The quantitative estimate of drug-likeness (QED) is 0.752. The summed E-state index contributed by atoms with van der Waals surface area (Å²) >= 11 is 0. The fourth-order valence-electron chi connectivity index (χ4n) is 3.42. The maximum absolute atomic E-state index is 14.2. The number of rotatable bonds is 6. The molecule has 0 radical (unpaired) electrons. The summed E-state index contributed by atoms with van der Waals surface area (Å²) < 4.78 is 28.0. The van der Waals surface area contributed by atoms with Gasteiger partial charge < -0.3 is 5.32 Å². The molecule has 1 nitrogen and oxygen atoms in total. The van der Waals surface area contributed by atoms with Crippen molar-refractivity contribution in [3.05, 3.63) is 34.9 Å². The van der Waals surface area contributed by atoms with E-state index in [4.69, 9.17) is 0 Å². The van der Waals surface area contributed by atoms with Crippen molar-refractivity contribution in [2.45, 2.75) is 64.8 Å². The molecule has 0 saturated heterocycles. The number of halogens is 2. The zero-order valence-electron chi connectivity index (χ0n) is 13.2. The molecule has 1 atom stereocenters. The van der Waals surface area contributed by atoms with Crippen LogP contribution in [0.15, 0.2) is 12.1 Å². The Morgan fingerprint density at radius 2 is 1.86 bits per heavy atom. The van der Waals surface area contributed by atoms with Crippen LogP contribution in [0.25, 0.3) is 0 Å². The summed E-state index contributed by atoms with van der Waals surface area (Å²) in [5.74, 6) is -0.615. The van der Waals surface area contributed by atoms with Crippen LogP contribution in [0.3, 0.4) is 0 Å². The molecular formula is C18H27F2N. The van der Waals surface area contributed by atoms with Crippen molar-refractivity contribution in [2.75, 3.05) is 6.54 Å². The predicted molar refractivity (Wildman–Crippen MR) is 83.3 cm³/mol. The maximum atomic E-state index is 14.2. The average Bonchev–Trinajstić information content (AvgIpc) is 2.51. The lowest BCUT2D eigenvalue weighted by molar-refractivity contribution is 0.312. The van der Waals surface area contributed by atoms with Crippen LogP contribution < -0.4 is 5.32 Å². The summed E-state index contributed by atoms with van der Waals surface area (Å²) in [7, 11) is 0. The molecule has 3 heteroatoms. The van der Waals surface area contributed by atoms with Gasteiger partial charge in [-0.1, -0.05) is 51.2 Å². The molecule has 0 spiro atoms. The summed E-state index contributed by atoms with van der Waals surface area (Å²) in [6, 6.07) is 3.34. The summed E-state index contributed by atoms with van der Waals surface area (Å²) in [5.41, 5.74) is 0.856. The van der Waals surface area contributed by atoms with E-state index < -0.39 is 11.6 Å². The second-order valence-corrected chi connectivity index (χ2v) is 6.29. The van der Waals surface area contributed by atoms with E-state index in [0.29, 0.717) is 11.1 Å². The van der Waals surface area contributed by atoms with Gasteiger partial charge in [-0.2, -0.15) is 0 Å². The number of hydrogen-bond acceptors (Lipinski definition) is 1. The summed E-state index contributed by atoms with van der Waals surface area (Å²) in [6.07, 6.45) is 8.58. The standard InChI is InChI=1S/C18H27F2N/c1-3-21-16(12-10-14-7-5-4-6-8-14)15-11-9-13(2)17(19)18(15)20/h9,11,14,16,21H,3-8,10,12H2,1-2H3. The monoisotopic (exact) mass is 295 g/mol. The molecule has 0 amide bonds. The van der Waals surface area contributed by atoms with Crippen LogP contribution in [0.2, 0.25) is 0 Å². The van der Waals surface area contributed by atoms with E-state index in [9.17, 15) is 8.78 Å². The lowest BCUT2D eigenvalue weighted by Gasteiger charge is -2.25. The van der Waals surface area contributed by atoms with Gasteiger partial charge in [0.05, 0.1) is 0 Å². The van der Waals surface area contributed by atoms with Gasteiger partial charge in [0.25, 0.3) is 0 Å². The van der Waals surface area contributed by atoms with Gasteiger partial charge in [-0.3, -0.25) is 0 Å². The molecule has 1 aliphatic carbocycles. The van der Waals surface area contributed by atoms with Gasteiger partial charge >= 0.3 is 0 Å². The highest BCUT2D eigenvalue weighted by Gasteiger charge is 2.21. The molecule has 1 aromatic carbocycles. The molecular weight excluding hydrogens is 268 g/mol. The minimum Gasteiger partial charge on any atom is -0.310 e. The van der Waals surface area contributed by atoms with Crippen LogP contribution in [0.4, 0.5) is 8.78 Å². The largest absolute Gasteiger partial charge is 0.310 e. The zero-order valence-corrected chi connectivity index (χ0v) is 13.2. The Bertz CT molecular complexity index is 453. The lowest BCUT2D eigenvalue weighted by Crippen LogP contribution is -2.23. The van der Waals surface area contributed by atoms with Gasteiger partial charge in [0.1, 0.15) is 0 Å². The van der Waals surface area contributed by atoms with E-state index in [2.05, 4.69) is 5.32 Å². The summed E-state index contributed by atoms with van der Waals surface area (Å²) in [6.45, 7) is 4.38. The molecule has 2 rings (SSSR count). The molecule has 1 unspecified atom stereocenters. The number of aryl methyl sites for hydroxylation is 1. The summed E-state index contributed by atoms with van der Waals surface area (Å²) in [5, 5.41) is 3.32. The molecule has 0 bridgehead atoms. The normalized spacial score (nSPS) is 17.9. The van der Waals surface area contributed by atoms with Crippen LogP contribution in [-0.4, -0.2) is 6.54 Å². The molecule has 0 aliphatic heterocycles. The Morgan fingerprint density at radius 3 is 2.52 bits per heavy atom. The summed E-state index contributed by atoms with van der Waals surface area (Å²) in [4.78, 5) is 0. The van der Waals surface area contributed by atoms with E-state index in [-0.39, 0.29) is 6.04 Å².